The highest BCUT2D eigenvalue weighted by molar-refractivity contribution is 7.85. The number of fused-ring (bicyclic) bond motifs is 1. The van der Waals surface area contributed by atoms with Gasteiger partial charge in [0, 0.05) is 6.20 Å². The van der Waals surface area contributed by atoms with Crippen molar-refractivity contribution in [1.82, 2.24) is 10.3 Å². The van der Waals surface area contributed by atoms with Crippen LogP contribution >= 0.6 is 23.2 Å². The molecule has 0 radical (unpaired) electrons. The zero-order chi connectivity index (χ0) is 18.9. The number of rotatable bonds is 2. The number of halogens is 2. The Morgan fingerprint density at radius 3 is 2.46 bits per heavy atom. The monoisotopic (exact) mass is 414 g/mol. The van der Waals surface area contributed by atoms with Gasteiger partial charge in [0.1, 0.15) is 5.15 Å². The summed E-state index contributed by atoms with van der Waals surface area (Å²) in [7, 11) is -4.02. The third-order valence-corrected chi connectivity index (χ3v) is 6.58. The highest BCUT2D eigenvalue weighted by Crippen LogP contribution is 2.49. The van der Waals surface area contributed by atoms with Crippen molar-refractivity contribution in [2.45, 2.75) is 24.2 Å². The Morgan fingerprint density at radius 1 is 1.19 bits per heavy atom. The Labute approximate surface area is 163 Å². The summed E-state index contributed by atoms with van der Waals surface area (Å²) in [6.45, 7) is 4.15. The Bertz CT molecular complexity index is 888. The number of aryl methyl sites for hydroxylation is 1. The van der Waals surface area contributed by atoms with E-state index in [1.54, 1.807) is 12.1 Å². The maximum Gasteiger partial charge on any atom is 0.294 e. The summed E-state index contributed by atoms with van der Waals surface area (Å²) in [4.78, 5) is 4.04. The summed E-state index contributed by atoms with van der Waals surface area (Å²) < 4.78 is 29.6. The molecule has 1 saturated carbocycles. The van der Waals surface area contributed by atoms with E-state index in [0.29, 0.717) is 16.1 Å². The van der Waals surface area contributed by atoms with Gasteiger partial charge >= 0.3 is 0 Å². The SMILES string of the molecule is Cc1ccc(S(=O)(=O)O)cc1.Clc1cc(C2CC3CNCC32)cnc1Cl. The Morgan fingerprint density at radius 2 is 1.88 bits per heavy atom. The first kappa shape index (κ1) is 19.6. The van der Waals surface area contributed by atoms with E-state index in [0.717, 1.165) is 23.9 Å². The van der Waals surface area contributed by atoms with Gasteiger partial charge in [0.05, 0.1) is 9.92 Å². The third-order valence-electron chi connectivity index (χ3n) is 5.03. The number of nitrogens with zero attached hydrogens (tertiary/aromatic N) is 1. The van der Waals surface area contributed by atoms with Crippen LogP contribution in [0.5, 0.6) is 0 Å². The van der Waals surface area contributed by atoms with Crippen LogP contribution in [0, 0.1) is 18.8 Å². The normalized spacial score (nSPS) is 24.2. The molecule has 3 unspecified atom stereocenters. The topological polar surface area (TPSA) is 79.3 Å². The molecule has 0 amide bonds. The van der Waals surface area contributed by atoms with Gasteiger partial charge in [0.25, 0.3) is 10.1 Å². The maximum absolute atomic E-state index is 10.5. The van der Waals surface area contributed by atoms with E-state index in [4.69, 9.17) is 27.8 Å². The van der Waals surface area contributed by atoms with Crippen LogP contribution in [0.1, 0.15) is 23.5 Å². The average molecular weight is 415 g/mol. The Kier molecular flexibility index (Phi) is 5.89. The van der Waals surface area contributed by atoms with Gasteiger partial charge in [-0.2, -0.15) is 8.42 Å². The molecule has 4 rings (SSSR count). The largest absolute Gasteiger partial charge is 0.316 e. The molecule has 1 aromatic carbocycles. The van der Waals surface area contributed by atoms with Gasteiger partial charge in [0.2, 0.25) is 0 Å². The number of benzene rings is 1. The number of pyridine rings is 1. The van der Waals surface area contributed by atoms with Crippen molar-refractivity contribution in [3.05, 3.63) is 57.8 Å². The van der Waals surface area contributed by atoms with E-state index in [1.807, 2.05) is 19.2 Å². The van der Waals surface area contributed by atoms with Crippen LogP contribution in [0.15, 0.2) is 41.4 Å². The van der Waals surface area contributed by atoms with Gasteiger partial charge in [-0.25, -0.2) is 4.98 Å². The van der Waals surface area contributed by atoms with Crippen LogP contribution in [0.3, 0.4) is 0 Å². The van der Waals surface area contributed by atoms with Crippen molar-refractivity contribution < 1.29 is 13.0 Å². The Balaban J connectivity index is 0.000000160. The average Bonchev–Trinajstić information content (AvgIpc) is 2.92. The molecule has 2 fully saturated rings. The molecule has 140 valence electrons. The van der Waals surface area contributed by atoms with Crippen LogP contribution in [0.2, 0.25) is 10.2 Å². The van der Waals surface area contributed by atoms with Gasteiger partial charge in [-0.15, -0.1) is 0 Å². The second kappa shape index (κ2) is 7.82. The van der Waals surface area contributed by atoms with Crippen molar-refractivity contribution in [2.75, 3.05) is 13.1 Å². The molecule has 5 nitrogen and oxygen atoms in total. The van der Waals surface area contributed by atoms with Crippen molar-refractivity contribution in [1.29, 1.82) is 0 Å². The van der Waals surface area contributed by atoms with Gasteiger partial charge in [-0.3, -0.25) is 4.55 Å². The van der Waals surface area contributed by atoms with Crippen LogP contribution in [0.25, 0.3) is 0 Å². The summed E-state index contributed by atoms with van der Waals surface area (Å²) in [5.41, 5.74) is 2.20. The predicted octanol–water partition coefficient (Wildman–Crippen LogP) is 3.95. The molecule has 1 aromatic heterocycles. The van der Waals surface area contributed by atoms with Gasteiger partial charge in [-0.05, 0) is 68.0 Å². The smallest absolute Gasteiger partial charge is 0.294 e. The minimum absolute atomic E-state index is 0.0666. The first-order valence-corrected chi connectivity index (χ1v) is 10.5. The summed E-state index contributed by atoms with van der Waals surface area (Å²) in [6, 6.07) is 7.96. The lowest BCUT2D eigenvalue weighted by Gasteiger charge is -2.39. The van der Waals surface area contributed by atoms with E-state index in [9.17, 15) is 8.42 Å². The van der Waals surface area contributed by atoms with E-state index in [1.165, 1.54) is 30.7 Å². The fraction of sp³-hybridized carbons (Fsp3) is 0.389. The molecule has 2 N–H and O–H groups in total. The lowest BCUT2D eigenvalue weighted by molar-refractivity contribution is 0.191. The lowest BCUT2D eigenvalue weighted by Crippen LogP contribution is -2.33. The quantitative estimate of drug-likeness (QED) is 0.574. The molecule has 26 heavy (non-hydrogen) atoms. The number of hydrogen-bond donors (Lipinski definition) is 2. The van der Waals surface area contributed by atoms with E-state index in [2.05, 4.69) is 10.3 Å². The van der Waals surface area contributed by atoms with E-state index < -0.39 is 10.1 Å². The van der Waals surface area contributed by atoms with Crippen LogP contribution < -0.4 is 5.32 Å². The predicted molar refractivity (Wildman–Crippen MR) is 102 cm³/mol. The van der Waals surface area contributed by atoms with Crippen LogP contribution in [-0.2, 0) is 10.1 Å². The van der Waals surface area contributed by atoms with Gasteiger partial charge < -0.3 is 5.32 Å². The molecular formula is C18H20Cl2N2O3S. The molecule has 3 atom stereocenters. The second-order valence-corrected chi connectivity index (χ2v) is 8.94. The lowest BCUT2D eigenvalue weighted by atomic mass is 9.64. The fourth-order valence-electron chi connectivity index (χ4n) is 3.52. The third kappa shape index (κ3) is 4.38. The standard InChI is InChI=1S/C11H12Cl2N2.C7H8O3S/c12-10-2-7(4-15-11(10)13)8-1-6-3-14-5-9(6)8;1-6-2-4-7(5-3-6)11(8,9)10/h2,4,6,8-9,14H,1,3,5H2;2-5H,1H3,(H,8,9,10). The van der Waals surface area contributed by atoms with Crippen molar-refractivity contribution in [3.63, 3.8) is 0 Å². The molecule has 2 heterocycles. The molecule has 1 aliphatic carbocycles. The van der Waals surface area contributed by atoms with E-state index in [-0.39, 0.29) is 4.90 Å². The zero-order valence-corrected chi connectivity index (χ0v) is 16.5. The zero-order valence-electron chi connectivity index (χ0n) is 14.2. The molecule has 0 bridgehead atoms. The molecule has 0 spiro atoms. The minimum atomic E-state index is -4.02. The molecule has 8 heteroatoms. The number of hydrogen-bond acceptors (Lipinski definition) is 4. The summed E-state index contributed by atoms with van der Waals surface area (Å²) >= 11 is 11.8. The minimum Gasteiger partial charge on any atom is -0.316 e. The number of nitrogens with one attached hydrogen (secondary N) is 1. The van der Waals surface area contributed by atoms with Gasteiger partial charge in [-0.1, -0.05) is 40.9 Å². The molecule has 1 saturated heterocycles. The van der Waals surface area contributed by atoms with Crippen molar-refractivity contribution >= 4 is 33.3 Å². The summed E-state index contributed by atoms with van der Waals surface area (Å²) in [5, 5.41) is 4.41. The summed E-state index contributed by atoms with van der Waals surface area (Å²) in [6.07, 6.45) is 3.13. The highest BCUT2D eigenvalue weighted by Gasteiger charge is 2.44. The summed E-state index contributed by atoms with van der Waals surface area (Å²) in [5.74, 6) is 2.28. The van der Waals surface area contributed by atoms with E-state index >= 15 is 0 Å². The van der Waals surface area contributed by atoms with Crippen LogP contribution in [-0.4, -0.2) is 31.0 Å². The van der Waals surface area contributed by atoms with Gasteiger partial charge in [0.15, 0.2) is 0 Å². The fourth-order valence-corrected chi connectivity index (χ4v) is 4.28. The number of aromatic nitrogens is 1. The molecule has 2 aromatic rings. The van der Waals surface area contributed by atoms with Crippen molar-refractivity contribution in [3.8, 4) is 0 Å². The highest BCUT2D eigenvalue weighted by atomic mass is 35.5. The first-order valence-electron chi connectivity index (χ1n) is 8.31. The molecule has 1 aliphatic heterocycles. The Hall–Kier alpha value is -1.18. The molecule has 2 aliphatic rings. The van der Waals surface area contributed by atoms with Crippen LogP contribution in [0.4, 0.5) is 0 Å². The first-order chi connectivity index (χ1) is 12.3. The second-order valence-electron chi connectivity index (χ2n) is 6.75. The maximum atomic E-state index is 10.5. The van der Waals surface area contributed by atoms with Crippen molar-refractivity contribution in [2.24, 2.45) is 11.8 Å². The molecular weight excluding hydrogens is 395 g/mol.